The lowest BCUT2D eigenvalue weighted by molar-refractivity contribution is -0.123. The molecule has 0 saturated carbocycles. The minimum Gasteiger partial charge on any atom is -0.316 e. The van der Waals surface area contributed by atoms with Crippen molar-refractivity contribution in [1.82, 2.24) is 5.32 Å². The first-order valence-corrected chi connectivity index (χ1v) is 6.37. The maximum atomic E-state index is 12.1. The van der Waals surface area contributed by atoms with Gasteiger partial charge in [0.05, 0.1) is 0 Å². The second kappa shape index (κ2) is 5.01. The number of ketones is 1. The fraction of sp³-hybridized carbons (Fsp3) is 0.533. The van der Waals surface area contributed by atoms with Crippen LogP contribution in [0.3, 0.4) is 0 Å². The monoisotopic (exact) mass is 231 g/mol. The molecular weight excluding hydrogens is 210 g/mol. The van der Waals surface area contributed by atoms with Crippen LogP contribution in [0, 0.1) is 25.7 Å². The average Bonchev–Trinajstić information content (AvgIpc) is 2.21. The standard InChI is InChI=1S/C15H21NO/c1-10-4-5-13(6-11(10)2)7-15(17)12(3)14-8-16-9-14/h4-6,12,14,16H,7-9H2,1-3H3. The summed E-state index contributed by atoms with van der Waals surface area (Å²) in [6, 6.07) is 6.32. The zero-order chi connectivity index (χ0) is 12.4. The molecule has 17 heavy (non-hydrogen) atoms. The van der Waals surface area contributed by atoms with Gasteiger partial charge in [-0.15, -0.1) is 0 Å². The van der Waals surface area contributed by atoms with E-state index >= 15 is 0 Å². The van der Waals surface area contributed by atoms with Crippen LogP contribution in [-0.2, 0) is 11.2 Å². The summed E-state index contributed by atoms with van der Waals surface area (Å²) >= 11 is 0. The van der Waals surface area contributed by atoms with E-state index in [4.69, 9.17) is 0 Å². The van der Waals surface area contributed by atoms with E-state index in [2.05, 4.69) is 44.3 Å². The Balaban J connectivity index is 1.99. The van der Waals surface area contributed by atoms with Crippen molar-refractivity contribution in [3.05, 3.63) is 34.9 Å². The molecule has 0 aliphatic carbocycles. The number of carbonyl (C=O) groups is 1. The molecule has 1 heterocycles. The largest absolute Gasteiger partial charge is 0.316 e. The third-order valence-electron chi connectivity index (χ3n) is 3.98. The van der Waals surface area contributed by atoms with Gasteiger partial charge in [-0.25, -0.2) is 0 Å². The second-order valence-electron chi connectivity index (χ2n) is 5.27. The number of hydrogen-bond acceptors (Lipinski definition) is 2. The van der Waals surface area contributed by atoms with Gasteiger partial charge < -0.3 is 5.32 Å². The van der Waals surface area contributed by atoms with Gasteiger partial charge in [-0.1, -0.05) is 25.1 Å². The predicted molar refractivity (Wildman–Crippen MR) is 70.2 cm³/mol. The number of benzene rings is 1. The van der Waals surface area contributed by atoms with Gasteiger partial charge in [-0.2, -0.15) is 0 Å². The van der Waals surface area contributed by atoms with Crippen LogP contribution < -0.4 is 5.32 Å². The van der Waals surface area contributed by atoms with E-state index in [0.717, 1.165) is 18.7 Å². The van der Waals surface area contributed by atoms with E-state index in [-0.39, 0.29) is 5.92 Å². The van der Waals surface area contributed by atoms with Crippen LogP contribution in [0.25, 0.3) is 0 Å². The Kier molecular flexibility index (Phi) is 3.63. The van der Waals surface area contributed by atoms with Gasteiger partial charge >= 0.3 is 0 Å². The number of hydrogen-bond donors (Lipinski definition) is 1. The van der Waals surface area contributed by atoms with Crippen LogP contribution in [0.1, 0.15) is 23.6 Å². The summed E-state index contributed by atoms with van der Waals surface area (Å²) in [6.07, 6.45) is 0.582. The lowest BCUT2D eigenvalue weighted by atomic mass is 9.84. The first-order chi connectivity index (χ1) is 8.08. The van der Waals surface area contributed by atoms with Crippen molar-refractivity contribution >= 4 is 5.78 Å². The summed E-state index contributed by atoms with van der Waals surface area (Å²) in [6.45, 7) is 8.26. The molecule has 1 aromatic carbocycles. The molecule has 0 spiro atoms. The van der Waals surface area contributed by atoms with Gasteiger partial charge in [0.25, 0.3) is 0 Å². The van der Waals surface area contributed by atoms with E-state index in [1.165, 1.54) is 11.1 Å². The van der Waals surface area contributed by atoms with Crippen molar-refractivity contribution in [3.8, 4) is 0 Å². The Labute approximate surface area is 103 Å². The molecule has 0 amide bonds. The summed E-state index contributed by atoms with van der Waals surface area (Å²) in [5.41, 5.74) is 3.71. The van der Waals surface area contributed by atoms with Crippen LogP contribution in [0.15, 0.2) is 18.2 Å². The average molecular weight is 231 g/mol. The molecule has 0 radical (unpaired) electrons. The Morgan fingerprint density at radius 2 is 2.06 bits per heavy atom. The lowest BCUT2D eigenvalue weighted by Crippen LogP contribution is -2.47. The van der Waals surface area contributed by atoms with E-state index in [1.807, 2.05) is 0 Å². The predicted octanol–water partition coefficient (Wildman–Crippen LogP) is 2.27. The van der Waals surface area contributed by atoms with Crippen molar-refractivity contribution < 1.29 is 4.79 Å². The highest BCUT2D eigenvalue weighted by Crippen LogP contribution is 2.19. The number of aryl methyl sites for hydroxylation is 2. The summed E-state index contributed by atoms with van der Waals surface area (Å²) in [5, 5.41) is 3.23. The van der Waals surface area contributed by atoms with Crippen molar-refractivity contribution in [1.29, 1.82) is 0 Å². The smallest absolute Gasteiger partial charge is 0.140 e. The molecule has 0 bridgehead atoms. The molecule has 2 heteroatoms. The molecule has 1 N–H and O–H groups in total. The molecule has 1 fully saturated rings. The zero-order valence-corrected chi connectivity index (χ0v) is 10.9. The minimum absolute atomic E-state index is 0.192. The third kappa shape index (κ3) is 2.75. The lowest BCUT2D eigenvalue weighted by Gasteiger charge is -2.31. The SMILES string of the molecule is Cc1ccc(CC(=O)C(C)C2CNC2)cc1C. The molecule has 1 unspecified atom stereocenters. The van der Waals surface area contributed by atoms with Gasteiger partial charge in [0.2, 0.25) is 0 Å². The molecule has 2 rings (SSSR count). The van der Waals surface area contributed by atoms with Gasteiger partial charge in [0.1, 0.15) is 5.78 Å². The highest BCUT2D eigenvalue weighted by atomic mass is 16.1. The quantitative estimate of drug-likeness (QED) is 0.861. The Morgan fingerprint density at radius 1 is 1.35 bits per heavy atom. The van der Waals surface area contributed by atoms with Crippen molar-refractivity contribution in [2.75, 3.05) is 13.1 Å². The molecule has 1 saturated heterocycles. The van der Waals surface area contributed by atoms with Crippen molar-refractivity contribution in [2.24, 2.45) is 11.8 Å². The van der Waals surface area contributed by atoms with Crippen molar-refractivity contribution in [2.45, 2.75) is 27.2 Å². The van der Waals surface area contributed by atoms with Crippen LogP contribution in [-0.4, -0.2) is 18.9 Å². The van der Waals surface area contributed by atoms with Crippen molar-refractivity contribution in [3.63, 3.8) is 0 Å². The van der Waals surface area contributed by atoms with Crippen LogP contribution >= 0.6 is 0 Å². The molecule has 92 valence electrons. The maximum absolute atomic E-state index is 12.1. The number of carbonyl (C=O) groups excluding carboxylic acids is 1. The van der Waals surface area contributed by atoms with Crippen LogP contribution in [0.4, 0.5) is 0 Å². The first-order valence-electron chi connectivity index (χ1n) is 6.37. The fourth-order valence-electron chi connectivity index (χ4n) is 2.20. The van der Waals surface area contributed by atoms with Crippen LogP contribution in [0.5, 0.6) is 0 Å². The molecule has 1 atom stereocenters. The highest BCUT2D eigenvalue weighted by Gasteiger charge is 2.28. The fourth-order valence-corrected chi connectivity index (χ4v) is 2.20. The Hall–Kier alpha value is -1.15. The Bertz CT molecular complexity index is 421. The summed E-state index contributed by atoms with van der Waals surface area (Å²) in [4.78, 5) is 12.1. The van der Waals surface area contributed by atoms with E-state index in [9.17, 15) is 4.79 Å². The second-order valence-corrected chi connectivity index (χ2v) is 5.27. The van der Waals surface area contributed by atoms with E-state index < -0.39 is 0 Å². The number of rotatable bonds is 4. The third-order valence-corrected chi connectivity index (χ3v) is 3.98. The zero-order valence-electron chi connectivity index (χ0n) is 10.9. The molecule has 0 aromatic heterocycles. The van der Waals surface area contributed by atoms with E-state index in [0.29, 0.717) is 18.1 Å². The molecule has 2 nitrogen and oxygen atoms in total. The Morgan fingerprint density at radius 3 is 2.59 bits per heavy atom. The molecular formula is C15H21NO. The molecule has 1 aliphatic heterocycles. The molecule has 1 aromatic rings. The summed E-state index contributed by atoms with van der Waals surface area (Å²) in [5.74, 6) is 1.12. The number of Topliss-reactive ketones (excluding diaryl/α,β-unsaturated/α-hetero) is 1. The van der Waals surface area contributed by atoms with Gasteiger partial charge in [-0.05, 0) is 49.5 Å². The van der Waals surface area contributed by atoms with E-state index in [1.54, 1.807) is 0 Å². The maximum Gasteiger partial charge on any atom is 0.140 e. The first kappa shape index (κ1) is 12.3. The van der Waals surface area contributed by atoms with Gasteiger partial charge in [-0.3, -0.25) is 4.79 Å². The molecule has 1 aliphatic rings. The summed E-state index contributed by atoms with van der Waals surface area (Å²) in [7, 11) is 0. The van der Waals surface area contributed by atoms with Crippen LogP contribution in [0.2, 0.25) is 0 Å². The highest BCUT2D eigenvalue weighted by molar-refractivity contribution is 5.83. The van der Waals surface area contributed by atoms with Gasteiger partial charge in [0.15, 0.2) is 0 Å². The summed E-state index contributed by atoms with van der Waals surface area (Å²) < 4.78 is 0. The normalized spacial score (nSPS) is 17.6. The van der Waals surface area contributed by atoms with Gasteiger partial charge in [0, 0.05) is 12.3 Å². The minimum atomic E-state index is 0.192. The topological polar surface area (TPSA) is 29.1 Å². The number of nitrogens with one attached hydrogen (secondary N) is 1.